The van der Waals surface area contributed by atoms with Gasteiger partial charge in [-0.05, 0) is 61.8 Å². The number of rotatable bonds is 6. The van der Waals surface area contributed by atoms with Crippen LogP contribution in [0.1, 0.15) is 24.8 Å². The van der Waals surface area contributed by atoms with E-state index in [9.17, 15) is 0 Å². The van der Waals surface area contributed by atoms with Crippen molar-refractivity contribution in [2.24, 2.45) is 17.6 Å². The zero-order valence-electron chi connectivity index (χ0n) is 11.8. The molecule has 0 aromatic heterocycles. The molecule has 0 aliphatic carbocycles. The first-order chi connectivity index (χ1) is 9.31. The second-order valence-corrected chi connectivity index (χ2v) is 5.45. The molecule has 106 valence electrons. The zero-order valence-corrected chi connectivity index (χ0v) is 11.8. The number of nitrogens with two attached hydrogens (primary N) is 1. The van der Waals surface area contributed by atoms with E-state index in [-0.39, 0.29) is 0 Å². The van der Waals surface area contributed by atoms with Crippen LogP contribution >= 0.6 is 0 Å². The fourth-order valence-electron chi connectivity index (χ4n) is 2.81. The molecule has 2 rings (SSSR count). The van der Waals surface area contributed by atoms with Gasteiger partial charge in [0.15, 0.2) is 0 Å². The Kier molecular flexibility index (Phi) is 5.67. The molecule has 0 amide bonds. The predicted molar refractivity (Wildman–Crippen MR) is 77.4 cm³/mol. The van der Waals surface area contributed by atoms with Crippen molar-refractivity contribution in [3.63, 3.8) is 0 Å². The molecule has 1 aliphatic heterocycles. The Morgan fingerprint density at radius 2 is 1.95 bits per heavy atom. The SMILES string of the molecule is COc1ccc(CC(CN)CC2CCOCC2)cc1. The second-order valence-electron chi connectivity index (χ2n) is 5.45. The Morgan fingerprint density at radius 3 is 2.53 bits per heavy atom. The van der Waals surface area contributed by atoms with Crippen molar-refractivity contribution in [2.45, 2.75) is 25.7 Å². The van der Waals surface area contributed by atoms with E-state index in [2.05, 4.69) is 12.1 Å². The summed E-state index contributed by atoms with van der Waals surface area (Å²) in [4.78, 5) is 0. The average Bonchev–Trinajstić information content (AvgIpc) is 2.48. The third kappa shape index (κ3) is 4.51. The summed E-state index contributed by atoms with van der Waals surface area (Å²) in [7, 11) is 1.70. The molecule has 1 saturated heterocycles. The fourth-order valence-corrected chi connectivity index (χ4v) is 2.81. The third-order valence-corrected chi connectivity index (χ3v) is 4.02. The molecule has 1 aliphatic rings. The molecule has 1 aromatic rings. The van der Waals surface area contributed by atoms with E-state index in [1.165, 1.54) is 24.8 Å². The first kappa shape index (κ1) is 14.4. The van der Waals surface area contributed by atoms with E-state index in [0.717, 1.165) is 37.8 Å². The molecule has 1 unspecified atom stereocenters. The van der Waals surface area contributed by atoms with Gasteiger partial charge in [0.25, 0.3) is 0 Å². The van der Waals surface area contributed by atoms with Crippen molar-refractivity contribution in [1.82, 2.24) is 0 Å². The van der Waals surface area contributed by atoms with Crippen molar-refractivity contribution >= 4 is 0 Å². The van der Waals surface area contributed by atoms with Gasteiger partial charge in [-0.3, -0.25) is 0 Å². The summed E-state index contributed by atoms with van der Waals surface area (Å²) < 4.78 is 10.6. The van der Waals surface area contributed by atoms with Gasteiger partial charge in [0.2, 0.25) is 0 Å². The maximum absolute atomic E-state index is 5.94. The maximum Gasteiger partial charge on any atom is 0.118 e. The summed E-state index contributed by atoms with van der Waals surface area (Å²) in [6, 6.07) is 8.34. The Bertz CT molecular complexity index is 358. The van der Waals surface area contributed by atoms with E-state index in [4.69, 9.17) is 15.2 Å². The highest BCUT2D eigenvalue weighted by atomic mass is 16.5. The highest BCUT2D eigenvalue weighted by Gasteiger charge is 2.18. The standard InChI is InChI=1S/C16H25NO2/c1-18-16-4-2-13(3-5-16)10-15(12-17)11-14-6-8-19-9-7-14/h2-5,14-15H,6-12,17H2,1H3. The Morgan fingerprint density at radius 1 is 1.26 bits per heavy atom. The minimum atomic E-state index is 0.580. The lowest BCUT2D eigenvalue weighted by Gasteiger charge is -2.26. The van der Waals surface area contributed by atoms with Gasteiger partial charge >= 0.3 is 0 Å². The van der Waals surface area contributed by atoms with Crippen molar-refractivity contribution in [2.75, 3.05) is 26.9 Å². The van der Waals surface area contributed by atoms with Gasteiger partial charge in [0.05, 0.1) is 7.11 Å². The molecule has 3 heteroatoms. The van der Waals surface area contributed by atoms with Crippen LogP contribution in [0.15, 0.2) is 24.3 Å². The topological polar surface area (TPSA) is 44.5 Å². The fraction of sp³-hybridized carbons (Fsp3) is 0.625. The van der Waals surface area contributed by atoms with E-state index >= 15 is 0 Å². The smallest absolute Gasteiger partial charge is 0.118 e. The molecule has 0 saturated carbocycles. The molecule has 19 heavy (non-hydrogen) atoms. The lowest BCUT2D eigenvalue weighted by Crippen LogP contribution is -2.24. The molecule has 2 N–H and O–H groups in total. The number of hydrogen-bond acceptors (Lipinski definition) is 3. The first-order valence-electron chi connectivity index (χ1n) is 7.22. The highest BCUT2D eigenvalue weighted by molar-refractivity contribution is 5.27. The largest absolute Gasteiger partial charge is 0.497 e. The Hall–Kier alpha value is -1.06. The van der Waals surface area contributed by atoms with Gasteiger partial charge in [-0.1, -0.05) is 12.1 Å². The van der Waals surface area contributed by atoms with Crippen molar-refractivity contribution in [1.29, 1.82) is 0 Å². The van der Waals surface area contributed by atoms with Gasteiger partial charge < -0.3 is 15.2 Å². The summed E-state index contributed by atoms with van der Waals surface area (Å²) in [5, 5.41) is 0. The van der Waals surface area contributed by atoms with E-state index in [0.29, 0.717) is 5.92 Å². The van der Waals surface area contributed by atoms with Crippen LogP contribution in [-0.2, 0) is 11.2 Å². The molecular weight excluding hydrogens is 238 g/mol. The summed E-state index contributed by atoms with van der Waals surface area (Å²) in [5.74, 6) is 2.29. The van der Waals surface area contributed by atoms with Crippen LogP contribution in [-0.4, -0.2) is 26.9 Å². The summed E-state index contributed by atoms with van der Waals surface area (Å²) in [6.07, 6.45) is 4.68. The lowest BCUT2D eigenvalue weighted by atomic mass is 9.85. The van der Waals surface area contributed by atoms with Gasteiger partial charge in [0.1, 0.15) is 5.75 Å². The lowest BCUT2D eigenvalue weighted by molar-refractivity contribution is 0.0589. The van der Waals surface area contributed by atoms with Crippen LogP contribution in [0.4, 0.5) is 0 Å². The van der Waals surface area contributed by atoms with Crippen LogP contribution in [0.5, 0.6) is 5.75 Å². The molecule has 1 heterocycles. The van der Waals surface area contributed by atoms with Crippen molar-refractivity contribution < 1.29 is 9.47 Å². The number of benzene rings is 1. The summed E-state index contributed by atoms with van der Waals surface area (Å²) >= 11 is 0. The van der Waals surface area contributed by atoms with Gasteiger partial charge in [0, 0.05) is 13.2 Å². The minimum Gasteiger partial charge on any atom is -0.497 e. The molecule has 0 radical (unpaired) electrons. The summed E-state index contributed by atoms with van der Waals surface area (Å²) in [6.45, 7) is 2.61. The molecular formula is C16H25NO2. The monoisotopic (exact) mass is 263 g/mol. The van der Waals surface area contributed by atoms with Crippen molar-refractivity contribution in [3.05, 3.63) is 29.8 Å². The maximum atomic E-state index is 5.94. The van der Waals surface area contributed by atoms with Crippen LogP contribution < -0.4 is 10.5 Å². The number of methoxy groups -OCH3 is 1. The Balaban J connectivity index is 1.86. The minimum absolute atomic E-state index is 0.580. The van der Waals surface area contributed by atoms with Gasteiger partial charge in [-0.2, -0.15) is 0 Å². The molecule has 1 aromatic carbocycles. The van der Waals surface area contributed by atoms with Crippen LogP contribution in [0, 0.1) is 11.8 Å². The van der Waals surface area contributed by atoms with E-state index in [1.54, 1.807) is 7.11 Å². The highest BCUT2D eigenvalue weighted by Crippen LogP contribution is 2.25. The quantitative estimate of drug-likeness (QED) is 0.858. The third-order valence-electron chi connectivity index (χ3n) is 4.02. The molecule has 3 nitrogen and oxygen atoms in total. The zero-order chi connectivity index (χ0) is 13.5. The van der Waals surface area contributed by atoms with Gasteiger partial charge in [-0.15, -0.1) is 0 Å². The number of ether oxygens (including phenoxy) is 2. The molecule has 1 atom stereocenters. The van der Waals surface area contributed by atoms with Crippen molar-refractivity contribution in [3.8, 4) is 5.75 Å². The van der Waals surface area contributed by atoms with Crippen LogP contribution in [0.25, 0.3) is 0 Å². The molecule has 1 fully saturated rings. The van der Waals surface area contributed by atoms with Crippen LogP contribution in [0.2, 0.25) is 0 Å². The van der Waals surface area contributed by atoms with Gasteiger partial charge in [-0.25, -0.2) is 0 Å². The number of hydrogen-bond donors (Lipinski definition) is 1. The van der Waals surface area contributed by atoms with E-state index in [1.807, 2.05) is 12.1 Å². The average molecular weight is 263 g/mol. The molecule has 0 bridgehead atoms. The van der Waals surface area contributed by atoms with E-state index < -0.39 is 0 Å². The summed E-state index contributed by atoms with van der Waals surface area (Å²) in [5.41, 5.74) is 7.29. The predicted octanol–water partition coefficient (Wildman–Crippen LogP) is 2.63. The van der Waals surface area contributed by atoms with Crippen LogP contribution in [0.3, 0.4) is 0 Å². The first-order valence-corrected chi connectivity index (χ1v) is 7.22. The Labute approximate surface area is 116 Å². The molecule has 0 spiro atoms. The normalized spacial score (nSPS) is 18.2. The second kappa shape index (κ2) is 7.51.